The lowest BCUT2D eigenvalue weighted by Gasteiger charge is -2.11. The summed E-state index contributed by atoms with van der Waals surface area (Å²) in [6.07, 6.45) is 5.54. The van der Waals surface area contributed by atoms with Gasteiger partial charge in [0.25, 0.3) is 5.56 Å². The molecular weight excluding hydrogens is 386 g/mol. The van der Waals surface area contributed by atoms with Crippen LogP contribution in [0.4, 0.5) is 0 Å². The van der Waals surface area contributed by atoms with Crippen LogP contribution < -0.4 is 5.56 Å². The topological polar surface area (TPSA) is 56.9 Å². The highest BCUT2D eigenvalue weighted by molar-refractivity contribution is 5.98. The van der Waals surface area contributed by atoms with Crippen molar-refractivity contribution in [3.63, 3.8) is 0 Å². The van der Waals surface area contributed by atoms with Gasteiger partial charge in [0.05, 0.1) is 22.1 Å². The molecule has 0 aliphatic heterocycles. The van der Waals surface area contributed by atoms with Gasteiger partial charge in [0, 0.05) is 24.1 Å². The molecule has 0 radical (unpaired) electrons. The molecule has 0 unspecified atom stereocenters. The first-order chi connectivity index (χ1) is 15.1. The quantitative estimate of drug-likeness (QED) is 0.416. The highest BCUT2D eigenvalue weighted by atomic mass is 16.1. The summed E-state index contributed by atoms with van der Waals surface area (Å²) in [5, 5.41) is 1.53. The maximum atomic E-state index is 13.3. The first-order valence-electron chi connectivity index (χ1n) is 10.00. The minimum absolute atomic E-state index is 0.0547. The van der Waals surface area contributed by atoms with Crippen molar-refractivity contribution < 1.29 is 4.79 Å². The molecule has 0 spiro atoms. The van der Waals surface area contributed by atoms with Crippen LogP contribution in [0.3, 0.4) is 0 Å². The van der Waals surface area contributed by atoms with Gasteiger partial charge in [-0.15, -0.1) is 0 Å². The Labute approximate surface area is 178 Å². The van der Waals surface area contributed by atoms with E-state index in [2.05, 4.69) is 0 Å². The zero-order valence-electron chi connectivity index (χ0n) is 16.9. The summed E-state index contributed by atoms with van der Waals surface area (Å²) >= 11 is 0. The van der Waals surface area contributed by atoms with Crippen LogP contribution in [0.15, 0.2) is 89.9 Å². The minimum Gasteiger partial charge on any atom is -0.287 e. The third kappa shape index (κ3) is 3.26. The Morgan fingerprint density at radius 1 is 0.839 bits per heavy atom. The summed E-state index contributed by atoms with van der Waals surface area (Å²) in [5.41, 5.74) is 3.00. The van der Waals surface area contributed by atoms with Crippen LogP contribution in [0.5, 0.6) is 0 Å². The summed E-state index contributed by atoms with van der Waals surface area (Å²) in [6.45, 7) is 1.54. The van der Waals surface area contributed by atoms with E-state index >= 15 is 0 Å². The second-order valence-corrected chi connectivity index (χ2v) is 7.29. The van der Waals surface area contributed by atoms with Crippen LogP contribution in [0, 0.1) is 0 Å². The van der Waals surface area contributed by atoms with E-state index in [0.29, 0.717) is 16.7 Å². The van der Waals surface area contributed by atoms with Crippen molar-refractivity contribution in [2.75, 3.05) is 0 Å². The Morgan fingerprint density at radius 3 is 2.29 bits per heavy atom. The summed E-state index contributed by atoms with van der Waals surface area (Å²) < 4.78 is 3.25. The number of hydrogen-bond donors (Lipinski definition) is 0. The Kier molecular flexibility index (Phi) is 4.56. The molecule has 0 N–H and O–H groups in total. The molecule has 5 rings (SSSR count). The zero-order chi connectivity index (χ0) is 21.4. The smallest absolute Gasteiger partial charge is 0.266 e. The lowest BCUT2D eigenvalue weighted by Crippen LogP contribution is -2.22. The lowest BCUT2D eigenvalue weighted by molar-refractivity contribution is 0.0941. The van der Waals surface area contributed by atoms with E-state index in [4.69, 9.17) is 4.98 Å². The third-order valence-electron chi connectivity index (χ3n) is 5.31. The molecule has 0 amide bonds. The number of rotatable bonds is 3. The number of fused-ring (bicyclic) bond motifs is 2. The van der Waals surface area contributed by atoms with Gasteiger partial charge in [-0.25, -0.2) is 4.98 Å². The number of carbonyl (C=O) groups is 1. The molecule has 0 aliphatic rings. The first-order valence-corrected chi connectivity index (χ1v) is 10.00. The third-order valence-corrected chi connectivity index (χ3v) is 5.31. The molecule has 0 saturated heterocycles. The number of carbonyl (C=O) groups excluding carboxylic acids is 1. The number of aromatic nitrogens is 3. The lowest BCUT2D eigenvalue weighted by atomic mass is 10.1. The van der Waals surface area contributed by atoms with Gasteiger partial charge in [-0.2, -0.15) is 0 Å². The van der Waals surface area contributed by atoms with E-state index in [0.717, 1.165) is 22.2 Å². The molecule has 5 aromatic rings. The SMILES string of the molecule is CC(=O)n1cc(/C=C/c2nc3ccccc3c(=O)n2-c2ccccc2)c2ccccc21. The molecule has 0 fully saturated rings. The molecule has 0 atom stereocenters. The van der Waals surface area contributed by atoms with Gasteiger partial charge in [0.2, 0.25) is 5.91 Å². The molecule has 31 heavy (non-hydrogen) atoms. The number of para-hydroxylation sites is 3. The minimum atomic E-state index is -0.123. The average molecular weight is 405 g/mol. The Balaban J connectivity index is 1.73. The fourth-order valence-electron chi connectivity index (χ4n) is 3.85. The largest absolute Gasteiger partial charge is 0.287 e. The Hall–Kier alpha value is -4.25. The van der Waals surface area contributed by atoms with E-state index in [1.807, 2.05) is 91.1 Å². The molecule has 5 heteroatoms. The first kappa shape index (κ1) is 18.8. The van der Waals surface area contributed by atoms with Gasteiger partial charge in [-0.05, 0) is 42.5 Å². The monoisotopic (exact) mass is 405 g/mol. The van der Waals surface area contributed by atoms with Crippen LogP contribution >= 0.6 is 0 Å². The number of hydrogen-bond acceptors (Lipinski definition) is 3. The van der Waals surface area contributed by atoms with E-state index in [1.165, 1.54) is 6.92 Å². The number of nitrogens with zero attached hydrogens (tertiary/aromatic N) is 3. The van der Waals surface area contributed by atoms with Crippen molar-refractivity contribution in [2.45, 2.75) is 6.92 Å². The van der Waals surface area contributed by atoms with Crippen LogP contribution in [-0.2, 0) is 0 Å². The van der Waals surface area contributed by atoms with Crippen molar-refractivity contribution in [2.24, 2.45) is 0 Å². The normalized spacial score (nSPS) is 11.5. The van der Waals surface area contributed by atoms with Crippen molar-refractivity contribution in [3.8, 4) is 5.69 Å². The van der Waals surface area contributed by atoms with Crippen molar-refractivity contribution in [3.05, 3.63) is 107 Å². The summed E-state index contributed by atoms with van der Waals surface area (Å²) in [7, 11) is 0. The van der Waals surface area contributed by atoms with E-state index in [9.17, 15) is 9.59 Å². The second-order valence-electron chi connectivity index (χ2n) is 7.29. The molecule has 0 saturated carbocycles. The fraction of sp³-hybridized carbons (Fsp3) is 0.0385. The predicted octanol–water partition coefficient (Wildman–Crippen LogP) is 5.17. The van der Waals surface area contributed by atoms with Crippen molar-refractivity contribution in [1.82, 2.24) is 14.1 Å². The predicted molar refractivity (Wildman–Crippen MR) is 125 cm³/mol. The maximum absolute atomic E-state index is 13.3. The molecule has 2 aromatic heterocycles. The second kappa shape index (κ2) is 7.54. The molecule has 0 aliphatic carbocycles. The van der Waals surface area contributed by atoms with Crippen LogP contribution in [0.2, 0.25) is 0 Å². The van der Waals surface area contributed by atoms with Crippen molar-refractivity contribution in [1.29, 1.82) is 0 Å². The standard InChI is InChI=1S/C26H19N3O2/c1-18(30)28-17-19(21-11-6-8-14-24(21)28)15-16-25-27-23-13-7-5-12-22(23)26(31)29(25)20-9-3-2-4-10-20/h2-17H,1H3/b16-15+. The maximum Gasteiger partial charge on any atom is 0.266 e. The van der Waals surface area contributed by atoms with Crippen LogP contribution in [-0.4, -0.2) is 20.0 Å². The average Bonchev–Trinajstić information content (AvgIpc) is 3.17. The van der Waals surface area contributed by atoms with Crippen LogP contribution in [0.25, 0.3) is 39.6 Å². The van der Waals surface area contributed by atoms with Gasteiger partial charge in [-0.1, -0.05) is 48.5 Å². The molecular formula is C26H19N3O2. The van der Waals surface area contributed by atoms with Gasteiger partial charge in [0.15, 0.2) is 0 Å². The highest BCUT2D eigenvalue weighted by Crippen LogP contribution is 2.23. The van der Waals surface area contributed by atoms with Crippen molar-refractivity contribution >= 4 is 39.9 Å². The van der Waals surface area contributed by atoms with Crippen LogP contribution in [0.1, 0.15) is 23.1 Å². The Bertz CT molecular complexity index is 1530. The summed E-state index contributed by atoms with van der Waals surface area (Å²) in [6, 6.07) is 24.6. The number of benzene rings is 3. The molecule has 3 aromatic carbocycles. The highest BCUT2D eigenvalue weighted by Gasteiger charge is 2.12. The van der Waals surface area contributed by atoms with Gasteiger partial charge in [-0.3, -0.25) is 18.7 Å². The molecule has 2 heterocycles. The van der Waals surface area contributed by atoms with Gasteiger partial charge in [0.1, 0.15) is 5.82 Å². The summed E-state index contributed by atoms with van der Waals surface area (Å²) in [5.74, 6) is 0.468. The van der Waals surface area contributed by atoms with E-state index < -0.39 is 0 Å². The van der Waals surface area contributed by atoms with E-state index in [1.54, 1.807) is 15.2 Å². The zero-order valence-corrected chi connectivity index (χ0v) is 16.9. The van der Waals surface area contributed by atoms with Gasteiger partial charge >= 0.3 is 0 Å². The molecule has 5 nitrogen and oxygen atoms in total. The Morgan fingerprint density at radius 2 is 1.52 bits per heavy atom. The molecule has 0 bridgehead atoms. The summed E-state index contributed by atoms with van der Waals surface area (Å²) in [4.78, 5) is 30.1. The van der Waals surface area contributed by atoms with E-state index in [-0.39, 0.29) is 11.5 Å². The molecule has 150 valence electrons. The van der Waals surface area contributed by atoms with Gasteiger partial charge < -0.3 is 0 Å². The fourth-order valence-corrected chi connectivity index (χ4v) is 3.85.